The third kappa shape index (κ3) is 7.73. The number of hydrogen-bond donors (Lipinski definition) is 5. The van der Waals surface area contributed by atoms with Crippen LogP contribution in [0.4, 0.5) is 0 Å². The molecular weight excluding hydrogens is 358 g/mol. The second-order valence-electron chi connectivity index (χ2n) is 4.90. The summed E-state index contributed by atoms with van der Waals surface area (Å²) in [6.45, 7) is 0.767. The monoisotopic (exact) mass is 377 g/mol. The maximum atomic E-state index is 9.77. The van der Waals surface area contributed by atoms with Gasteiger partial charge in [0.2, 0.25) is 0 Å². The molecule has 0 aliphatic heterocycles. The van der Waals surface area contributed by atoms with Crippen LogP contribution >= 0.6 is 11.8 Å². The second kappa shape index (κ2) is 10.8. The zero-order valence-electron chi connectivity index (χ0n) is 13.9. The summed E-state index contributed by atoms with van der Waals surface area (Å²) in [4.78, 5) is 20.8. The van der Waals surface area contributed by atoms with E-state index >= 15 is 0 Å². The van der Waals surface area contributed by atoms with Gasteiger partial charge in [0.25, 0.3) is 0 Å². The fourth-order valence-electron chi connectivity index (χ4n) is 1.79. The number of nitrogens with one attached hydrogen (secondary N) is 1. The van der Waals surface area contributed by atoms with Crippen LogP contribution in [0.5, 0.6) is 11.5 Å². The van der Waals surface area contributed by atoms with Crippen molar-refractivity contribution in [1.82, 2.24) is 5.32 Å². The van der Waals surface area contributed by atoms with E-state index in [4.69, 9.17) is 10.2 Å². The van der Waals surface area contributed by atoms with E-state index < -0.39 is 11.9 Å². The van der Waals surface area contributed by atoms with Gasteiger partial charge in [-0.1, -0.05) is 30.0 Å². The van der Waals surface area contributed by atoms with E-state index in [1.54, 1.807) is 6.07 Å². The number of aromatic hydroxyl groups is 2. The van der Waals surface area contributed by atoms with Gasteiger partial charge in [0, 0.05) is 23.6 Å². The number of carbonyl (C=O) groups is 2. The largest absolute Gasteiger partial charge is 0.508 e. The highest BCUT2D eigenvalue weighted by molar-refractivity contribution is 7.99. The first-order chi connectivity index (χ1) is 12.3. The van der Waals surface area contributed by atoms with Crippen LogP contribution in [-0.4, -0.2) is 39.4 Å². The molecule has 5 N–H and O–H groups in total. The van der Waals surface area contributed by atoms with Crippen LogP contribution in [0.25, 0.3) is 0 Å². The Labute approximate surface area is 154 Å². The Morgan fingerprint density at radius 2 is 1.62 bits per heavy atom. The zero-order chi connectivity index (χ0) is 19.5. The molecule has 0 bridgehead atoms. The maximum Gasteiger partial charge on any atom is 0.328 e. The summed E-state index contributed by atoms with van der Waals surface area (Å²) in [5.74, 6) is -2.18. The highest BCUT2D eigenvalue weighted by Gasteiger charge is 2.07. The maximum absolute atomic E-state index is 9.77. The summed E-state index contributed by atoms with van der Waals surface area (Å²) in [6, 6.07) is 12.5. The molecule has 138 valence electrons. The molecule has 0 radical (unpaired) electrons. The predicted octanol–water partition coefficient (Wildman–Crippen LogP) is 2.68. The fraction of sp³-hybridized carbons (Fsp3) is 0.111. The van der Waals surface area contributed by atoms with Gasteiger partial charge in [-0.2, -0.15) is 0 Å². The number of aliphatic carboxylic acids is 2. The number of carboxylic acids is 2. The lowest BCUT2D eigenvalue weighted by Crippen LogP contribution is -2.05. The highest BCUT2D eigenvalue weighted by Crippen LogP contribution is 2.37. The summed E-state index contributed by atoms with van der Waals surface area (Å²) in [7, 11) is 1.90. The molecule has 0 heterocycles. The number of rotatable bonds is 6. The molecule has 0 atom stereocenters. The second-order valence-corrected chi connectivity index (χ2v) is 5.99. The molecule has 26 heavy (non-hydrogen) atoms. The molecule has 2 aromatic rings. The van der Waals surface area contributed by atoms with E-state index in [-0.39, 0.29) is 11.5 Å². The van der Waals surface area contributed by atoms with Gasteiger partial charge in [-0.05, 0) is 36.9 Å². The molecule has 0 saturated heterocycles. The molecule has 7 nitrogen and oxygen atoms in total. The summed E-state index contributed by atoms with van der Waals surface area (Å²) >= 11 is 1.44. The van der Waals surface area contributed by atoms with Crippen molar-refractivity contribution in [2.45, 2.75) is 16.3 Å². The van der Waals surface area contributed by atoms with E-state index in [2.05, 4.69) is 5.32 Å². The zero-order valence-corrected chi connectivity index (χ0v) is 14.7. The van der Waals surface area contributed by atoms with Crippen molar-refractivity contribution in [2.24, 2.45) is 0 Å². The van der Waals surface area contributed by atoms with Crippen molar-refractivity contribution < 1.29 is 30.0 Å². The standard InChI is InChI=1S/C14H15NO2S.C4H4O4/c1-15-9-10-4-2-3-5-13(10)18-14-8-11(16)6-7-12(14)17;5-3(6)1-2-4(7)8/h2-8,15-17H,9H2,1H3;1-2H,(H,5,6)(H,7,8)/b;2-1+. The average molecular weight is 377 g/mol. The van der Waals surface area contributed by atoms with Crippen LogP contribution in [0, 0.1) is 0 Å². The minimum absolute atomic E-state index is 0.154. The molecular formula is C18H19NO6S. The molecule has 0 aliphatic rings. The molecule has 0 spiro atoms. The van der Waals surface area contributed by atoms with E-state index in [1.165, 1.54) is 23.9 Å². The van der Waals surface area contributed by atoms with Crippen molar-refractivity contribution in [3.8, 4) is 11.5 Å². The third-order valence-electron chi connectivity index (χ3n) is 2.87. The van der Waals surface area contributed by atoms with Gasteiger partial charge < -0.3 is 25.7 Å². The van der Waals surface area contributed by atoms with Crippen LogP contribution in [0.1, 0.15) is 5.56 Å². The molecule has 2 rings (SSSR count). The summed E-state index contributed by atoms with van der Waals surface area (Å²) in [5.41, 5.74) is 1.16. The number of phenols is 2. The van der Waals surface area contributed by atoms with Crippen LogP contribution in [0.3, 0.4) is 0 Å². The highest BCUT2D eigenvalue weighted by atomic mass is 32.2. The minimum Gasteiger partial charge on any atom is -0.508 e. The summed E-state index contributed by atoms with van der Waals surface area (Å²) in [5, 5.41) is 38.0. The Morgan fingerprint density at radius 1 is 1.00 bits per heavy atom. The van der Waals surface area contributed by atoms with Crippen LogP contribution < -0.4 is 5.32 Å². The topological polar surface area (TPSA) is 127 Å². The minimum atomic E-state index is -1.26. The molecule has 0 unspecified atom stereocenters. The number of carboxylic acid groups (broad SMARTS) is 2. The van der Waals surface area contributed by atoms with Crippen LogP contribution in [0.2, 0.25) is 0 Å². The van der Waals surface area contributed by atoms with Gasteiger partial charge in [0.05, 0.1) is 4.90 Å². The van der Waals surface area contributed by atoms with Gasteiger partial charge in [-0.3, -0.25) is 0 Å². The van der Waals surface area contributed by atoms with Crippen LogP contribution in [0.15, 0.2) is 64.4 Å². The first-order valence-corrected chi connectivity index (χ1v) is 8.21. The summed E-state index contributed by atoms with van der Waals surface area (Å²) < 4.78 is 0. The first kappa shape index (κ1) is 21.1. The van der Waals surface area contributed by atoms with Crippen LogP contribution in [-0.2, 0) is 16.1 Å². The SMILES string of the molecule is CNCc1ccccc1Sc1cc(O)ccc1O.O=C(O)/C=C/C(=O)O. The lowest BCUT2D eigenvalue weighted by molar-refractivity contribution is -0.134. The van der Waals surface area contributed by atoms with Gasteiger partial charge in [0.1, 0.15) is 11.5 Å². The Kier molecular flexibility index (Phi) is 8.76. The normalized spacial score (nSPS) is 10.2. The van der Waals surface area contributed by atoms with E-state index in [9.17, 15) is 19.8 Å². The fourth-order valence-corrected chi connectivity index (χ4v) is 2.79. The third-order valence-corrected chi connectivity index (χ3v) is 4.04. The molecule has 0 amide bonds. The number of hydrogen-bond acceptors (Lipinski definition) is 6. The van der Waals surface area contributed by atoms with Gasteiger partial charge in [-0.15, -0.1) is 0 Å². The predicted molar refractivity (Wildman–Crippen MR) is 97.5 cm³/mol. The Bertz CT molecular complexity index is 775. The van der Waals surface area contributed by atoms with Gasteiger partial charge >= 0.3 is 11.9 Å². The number of phenolic OH excluding ortho intramolecular Hbond substituents is 2. The molecule has 0 fully saturated rings. The number of benzene rings is 2. The summed E-state index contributed by atoms with van der Waals surface area (Å²) in [6.07, 6.45) is 1.12. The van der Waals surface area contributed by atoms with E-state index in [0.717, 1.165) is 17.0 Å². The molecule has 2 aromatic carbocycles. The lowest BCUT2D eigenvalue weighted by atomic mass is 10.2. The smallest absolute Gasteiger partial charge is 0.328 e. The molecule has 0 aromatic heterocycles. The van der Waals surface area contributed by atoms with Crippen molar-refractivity contribution in [2.75, 3.05) is 7.05 Å². The average Bonchev–Trinajstić information content (AvgIpc) is 2.59. The molecule has 0 saturated carbocycles. The Balaban J connectivity index is 0.000000359. The van der Waals surface area contributed by atoms with Crippen molar-refractivity contribution >= 4 is 23.7 Å². The Hall–Kier alpha value is -2.97. The quantitative estimate of drug-likeness (QED) is 0.384. The van der Waals surface area contributed by atoms with Crippen molar-refractivity contribution in [3.05, 3.63) is 60.2 Å². The first-order valence-electron chi connectivity index (χ1n) is 7.39. The van der Waals surface area contributed by atoms with Gasteiger partial charge in [-0.25, -0.2) is 9.59 Å². The molecule has 0 aliphatic carbocycles. The Morgan fingerprint density at radius 3 is 2.19 bits per heavy atom. The van der Waals surface area contributed by atoms with E-state index in [0.29, 0.717) is 17.0 Å². The van der Waals surface area contributed by atoms with Crippen molar-refractivity contribution in [3.63, 3.8) is 0 Å². The van der Waals surface area contributed by atoms with Gasteiger partial charge in [0.15, 0.2) is 0 Å². The van der Waals surface area contributed by atoms with E-state index in [1.807, 2.05) is 31.3 Å². The lowest BCUT2D eigenvalue weighted by Gasteiger charge is -2.09. The van der Waals surface area contributed by atoms with Crippen molar-refractivity contribution in [1.29, 1.82) is 0 Å². The molecule has 8 heteroatoms.